The summed E-state index contributed by atoms with van der Waals surface area (Å²) in [5.74, 6) is 0.156. The Morgan fingerprint density at radius 1 is 1.33 bits per heavy atom. The highest BCUT2D eigenvalue weighted by Gasteiger charge is 2.34. The Labute approximate surface area is 126 Å². The van der Waals surface area contributed by atoms with Gasteiger partial charge in [0.25, 0.3) is 0 Å². The molecule has 116 valence electrons. The second-order valence-electron chi connectivity index (χ2n) is 7.10. The van der Waals surface area contributed by atoms with Crippen LogP contribution in [0.1, 0.15) is 51.8 Å². The monoisotopic (exact) mass is 291 g/mol. The number of cyclic esters (lactones) is 1. The van der Waals surface area contributed by atoms with Gasteiger partial charge in [0, 0.05) is 11.6 Å². The van der Waals surface area contributed by atoms with Gasteiger partial charge in [-0.3, -0.25) is 5.32 Å². The second kappa shape index (κ2) is 5.68. The number of hydrogen-bond acceptors (Lipinski definition) is 4. The molecule has 0 amide bonds. The van der Waals surface area contributed by atoms with Gasteiger partial charge in [-0.1, -0.05) is 40.7 Å². The van der Waals surface area contributed by atoms with Gasteiger partial charge in [-0.2, -0.15) is 0 Å². The van der Waals surface area contributed by atoms with E-state index in [1.165, 1.54) is 0 Å². The lowest BCUT2D eigenvalue weighted by Gasteiger charge is -2.33. The van der Waals surface area contributed by atoms with Gasteiger partial charge in [-0.25, -0.2) is 4.79 Å². The second-order valence-corrected chi connectivity index (χ2v) is 7.10. The van der Waals surface area contributed by atoms with Gasteiger partial charge >= 0.3 is 5.97 Å². The van der Waals surface area contributed by atoms with Crippen LogP contribution in [-0.4, -0.2) is 23.7 Å². The standard InChI is InChI=1S/C17H25NO3/c1-10(2)13-9-21-16(20)15(18-13)12-8-11(17(3,4)5)6-7-14(12)19/h6-8,10,13,15,18-19H,9H2,1-5H3. The molecule has 1 aliphatic rings. The van der Waals surface area contributed by atoms with Crippen LogP contribution in [0.15, 0.2) is 18.2 Å². The molecule has 2 N–H and O–H groups in total. The molecule has 4 heteroatoms. The van der Waals surface area contributed by atoms with Crippen LogP contribution in [0, 0.1) is 5.92 Å². The third-order valence-electron chi connectivity index (χ3n) is 4.03. The minimum absolute atomic E-state index is 0.0432. The summed E-state index contributed by atoms with van der Waals surface area (Å²) < 4.78 is 5.29. The molecule has 0 radical (unpaired) electrons. The summed E-state index contributed by atoms with van der Waals surface area (Å²) in [5.41, 5.74) is 1.63. The van der Waals surface area contributed by atoms with Crippen LogP contribution in [0.25, 0.3) is 0 Å². The number of carbonyl (C=O) groups excluding carboxylic acids is 1. The summed E-state index contributed by atoms with van der Waals surface area (Å²) in [4.78, 5) is 12.1. The van der Waals surface area contributed by atoms with Crippen molar-refractivity contribution in [2.45, 2.75) is 52.1 Å². The zero-order chi connectivity index (χ0) is 15.8. The maximum Gasteiger partial charge on any atom is 0.327 e. The van der Waals surface area contributed by atoms with E-state index in [0.717, 1.165) is 5.56 Å². The van der Waals surface area contributed by atoms with Gasteiger partial charge in [0.15, 0.2) is 0 Å². The molecule has 1 aromatic carbocycles. The van der Waals surface area contributed by atoms with E-state index < -0.39 is 6.04 Å². The van der Waals surface area contributed by atoms with Crippen molar-refractivity contribution in [1.82, 2.24) is 5.32 Å². The highest BCUT2D eigenvalue weighted by molar-refractivity contribution is 5.79. The molecule has 2 rings (SSSR count). The average Bonchev–Trinajstić information content (AvgIpc) is 2.38. The first-order valence-electron chi connectivity index (χ1n) is 7.46. The number of esters is 1. The van der Waals surface area contributed by atoms with Crippen LogP contribution in [0.4, 0.5) is 0 Å². The Morgan fingerprint density at radius 3 is 2.57 bits per heavy atom. The molecule has 1 heterocycles. The number of hydrogen-bond donors (Lipinski definition) is 2. The SMILES string of the molecule is CC(C)C1COC(=O)C(c2cc(C(C)(C)C)ccc2O)N1. The summed E-state index contributed by atoms with van der Waals surface area (Å²) in [6.45, 7) is 10.9. The minimum Gasteiger partial charge on any atom is -0.508 e. The largest absolute Gasteiger partial charge is 0.508 e. The molecule has 21 heavy (non-hydrogen) atoms. The topological polar surface area (TPSA) is 58.6 Å². The van der Waals surface area contributed by atoms with Crippen LogP contribution in [-0.2, 0) is 14.9 Å². The van der Waals surface area contributed by atoms with Gasteiger partial charge in [0.05, 0.1) is 0 Å². The number of rotatable bonds is 2. The van der Waals surface area contributed by atoms with Gasteiger partial charge < -0.3 is 9.84 Å². The number of morpholine rings is 1. The molecule has 1 aromatic rings. The van der Waals surface area contributed by atoms with E-state index in [4.69, 9.17) is 4.74 Å². The van der Waals surface area contributed by atoms with E-state index in [1.807, 2.05) is 12.1 Å². The molecule has 2 atom stereocenters. The van der Waals surface area contributed by atoms with Crippen molar-refractivity contribution in [3.63, 3.8) is 0 Å². The number of nitrogens with one attached hydrogen (secondary N) is 1. The maximum atomic E-state index is 12.1. The average molecular weight is 291 g/mol. The summed E-state index contributed by atoms with van der Waals surface area (Å²) in [6, 6.07) is 4.95. The first kappa shape index (κ1) is 15.8. The van der Waals surface area contributed by atoms with Gasteiger partial charge in [0.2, 0.25) is 0 Å². The van der Waals surface area contributed by atoms with Crippen LogP contribution >= 0.6 is 0 Å². The molecular formula is C17H25NO3. The summed E-state index contributed by atoms with van der Waals surface area (Å²) in [5, 5.41) is 13.5. The van der Waals surface area contributed by atoms with Gasteiger partial charge in [-0.05, 0) is 29.0 Å². The van der Waals surface area contributed by atoms with Crippen molar-refractivity contribution < 1.29 is 14.6 Å². The first-order chi connectivity index (χ1) is 9.70. The van der Waals surface area contributed by atoms with Crippen molar-refractivity contribution in [2.75, 3.05) is 6.61 Å². The first-order valence-corrected chi connectivity index (χ1v) is 7.46. The predicted molar refractivity (Wildman–Crippen MR) is 82.3 cm³/mol. The summed E-state index contributed by atoms with van der Waals surface area (Å²) in [6.07, 6.45) is 0. The fraction of sp³-hybridized carbons (Fsp3) is 0.588. The van der Waals surface area contributed by atoms with Crippen LogP contribution in [0.3, 0.4) is 0 Å². The molecule has 0 spiro atoms. The molecule has 1 aliphatic heterocycles. The smallest absolute Gasteiger partial charge is 0.327 e. The summed E-state index contributed by atoms with van der Waals surface area (Å²) >= 11 is 0. The molecule has 4 nitrogen and oxygen atoms in total. The molecule has 2 unspecified atom stereocenters. The number of phenolic OH excluding ortho intramolecular Hbond substituents is 1. The Hall–Kier alpha value is -1.55. The van der Waals surface area contributed by atoms with E-state index in [0.29, 0.717) is 18.1 Å². The van der Waals surface area contributed by atoms with Crippen molar-refractivity contribution in [2.24, 2.45) is 5.92 Å². The van der Waals surface area contributed by atoms with Crippen molar-refractivity contribution in [3.05, 3.63) is 29.3 Å². The number of carbonyl (C=O) groups is 1. The third-order valence-corrected chi connectivity index (χ3v) is 4.03. The molecule has 0 aliphatic carbocycles. The Bertz CT molecular complexity index is 531. The fourth-order valence-electron chi connectivity index (χ4n) is 2.44. The zero-order valence-electron chi connectivity index (χ0n) is 13.4. The molecule has 1 saturated heterocycles. The van der Waals surface area contributed by atoms with Gasteiger partial charge in [-0.15, -0.1) is 0 Å². The van der Waals surface area contributed by atoms with E-state index >= 15 is 0 Å². The van der Waals surface area contributed by atoms with Crippen molar-refractivity contribution >= 4 is 5.97 Å². The maximum absolute atomic E-state index is 12.1. The van der Waals surface area contributed by atoms with E-state index in [2.05, 4.69) is 39.9 Å². The van der Waals surface area contributed by atoms with E-state index in [9.17, 15) is 9.90 Å². The quantitative estimate of drug-likeness (QED) is 0.823. The van der Waals surface area contributed by atoms with Crippen molar-refractivity contribution in [3.8, 4) is 5.75 Å². The third kappa shape index (κ3) is 3.38. The number of benzene rings is 1. The molecule has 0 saturated carbocycles. The van der Waals surface area contributed by atoms with Crippen molar-refractivity contribution in [1.29, 1.82) is 0 Å². The Kier molecular flexibility index (Phi) is 4.28. The van der Waals surface area contributed by atoms with Crippen LogP contribution in [0.5, 0.6) is 5.75 Å². The lowest BCUT2D eigenvalue weighted by atomic mass is 9.85. The highest BCUT2D eigenvalue weighted by Crippen LogP contribution is 2.33. The van der Waals surface area contributed by atoms with Gasteiger partial charge in [0.1, 0.15) is 18.4 Å². The molecule has 0 bridgehead atoms. The Balaban J connectivity index is 2.37. The fourth-order valence-corrected chi connectivity index (χ4v) is 2.44. The van der Waals surface area contributed by atoms with E-state index in [1.54, 1.807) is 6.07 Å². The zero-order valence-corrected chi connectivity index (χ0v) is 13.4. The predicted octanol–water partition coefficient (Wildman–Crippen LogP) is 2.90. The van der Waals surface area contributed by atoms with Crippen LogP contribution < -0.4 is 5.32 Å². The lowest BCUT2D eigenvalue weighted by molar-refractivity contribution is -0.152. The normalized spacial score (nSPS) is 23.2. The summed E-state index contributed by atoms with van der Waals surface area (Å²) in [7, 11) is 0. The molecular weight excluding hydrogens is 266 g/mol. The number of phenols is 1. The van der Waals surface area contributed by atoms with Crippen LogP contribution in [0.2, 0.25) is 0 Å². The molecule has 1 fully saturated rings. The Morgan fingerprint density at radius 2 is 2.00 bits per heavy atom. The molecule has 0 aromatic heterocycles. The number of aromatic hydroxyl groups is 1. The lowest BCUT2D eigenvalue weighted by Crippen LogP contribution is -2.49. The number of ether oxygens (including phenoxy) is 1. The minimum atomic E-state index is -0.603. The van der Waals surface area contributed by atoms with E-state index in [-0.39, 0.29) is 23.2 Å². The highest BCUT2D eigenvalue weighted by atomic mass is 16.5.